The van der Waals surface area contributed by atoms with Gasteiger partial charge in [-0.05, 0) is 13.8 Å². The quantitative estimate of drug-likeness (QED) is 0.594. The minimum atomic E-state index is -2.83. The van der Waals surface area contributed by atoms with Gasteiger partial charge in [0.25, 0.3) is 0 Å². The van der Waals surface area contributed by atoms with Crippen molar-refractivity contribution in [3.05, 3.63) is 5.32 Å². The van der Waals surface area contributed by atoms with Gasteiger partial charge in [-0.1, -0.05) is 6.42 Å². The van der Waals surface area contributed by atoms with E-state index in [0.717, 1.165) is 0 Å². The molecule has 0 aromatic heterocycles. The first kappa shape index (κ1) is 10.9. The van der Waals surface area contributed by atoms with E-state index in [1.165, 1.54) is 0 Å². The maximum absolute atomic E-state index is 11.2. The molecule has 0 N–H and O–H groups in total. The van der Waals surface area contributed by atoms with Crippen molar-refractivity contribution in [2.45, 2.75) is 25.5 Å². The molecule has 4 heteroatoms. The minimum Gasteiger partial charge on any atom is -0.665 e. The second-order valence-electron chi connectivity index (χ2n) is 2.81. The predicted molar refractivity (Wildman–Crippen MR) is 47.7 cm³/mol. The third-order valence-electron chi connectivity index (χ3n) is 1.53. The molecule has 0 aromatic rings. The third-order valence-corrected chi connectivity index (χ3v) is 3.82. The summed E-state index contributed by atoms with van der Waals surface area (Å²) >= 11 is 0. The highest BCUT2D eigenvalue weighted by molar-refractivity contribution is 7.91. The lowest BCUT2D eigenvalue weighted by molar-refractivity contribution is 0.585. The second kappa shape index (κ2) is 4.72. The van der Waals surface area contributed by atoms with Gasteiger partial charge in [-0.25, -0.2) is 8.42 Å². The van der Waals surface area contributed by atoms with Crippen LogP contribution in [0.5, 0.6) is 0 Å². The van der Waals surface area contributed by atoms with Crippen LogP contribution >= 0.6 is 0 Å². The van der Waals surface area contributed by atoms with Crippen molar-refractivity contribution < 1.29 is 8.42 Å². The monoisotopic (exact) mass is 178 g/mol. The van der Waals surface area contributed by atoms with Crippen molar-refractivity contribution in [3.63, 3.8) is 0 Å². The van der Waals surface area contributed by atoms with Gasteiger partial charge in [0.2, 0.25) is 0 Å². The van der Waals surface area contributed by atoms with E-state index < -0.39 is 9.84 Å². The molecule has 11 heavy (non-hydrogen) atoms. The largest absolute Gasteiger partial charge is 0.665 e. The molecule has 0 aliphatic heterocycles. The summed E-state index contributed by atoms with van der Waals surface area (Å²) in [6, 6.07) is 0. The summed E-state index contributed by atoms with van der Waals surface area (Å²) < 4.78 is 22.3. The lowest BCUT2D eigenvalue weighted by Gasteiger charge is -2.11. The van der Waals surface area contributed by atoms with E-state index in [9.17, 15) is 8.42 Å². The van der Waals surface area contributed by atoms with Crippen LogP contribution in [0.1, 0.15) is 20.3 Å². The molecule has 0 bridgehead atoms. The Labute approximate surface area is 69.1 Å². The van der Waals surface area contributed by atoms with Crippen molar-refractivity contribution in [1.82, 2.24) is 0 Å². The number of sulfone groups is 1. The predicted octanol–water partition coefficient (Wildman–Crippen LogP) is 1.20. The van der Waals surface area contributed by atoms with E-state index in [0.29, 0.717) is 13.0 Å². The molecule has 0 fully saturated rings. The molecule has 0 spiro atoms. The van der Waals surface area contributed by atoms with E-state index in [-0.39, 0.29) is 11.0 Å². The van der Waals surface area contributed by atoms with E-state index in [1.807, 2.05) is 0 Å². The fraction of sp³-hybridized carbons (Fsp3) is 1.00. The molecule has 0 atom stereocenters. The number of hydrogen-bond donors (Lipinski definition) is 0. The first-order valence-electron chi connectivity index (χ1n) is 3.78. The van der Waals surface area contributed by atoms with E-state index >= 15 is 0 Å². The average molecular weight is 178 g/mol. The zero-order chi connectivity index (χ0) is 8.91. The van der Waals surface area contributed by atoms with Crippen molar-refractivity contribution in [3.8, 4) is 0 Å². The van der Waals surface area contributed by atoms with Gasteiger partial charge >= 0.3 is 0 Å². The lowest BCUT2D eigenvalue weighted by Crippen LogP contribution is -2.18. The molecular formula is C7H16NO2S-. The van der Waals surface area contributed by atoms with E-state index in [4.69, 9.17) is 0 Å². The van der Waals surface area contributed by atoms with Gasteiger partial charge in [-0.2, -0.15) is 7.05 Å². The Morgan fingerprint density at radius 1 is 1.36 bits per heavy atom. The zero-order valence-electron chi connectivity index (χ0n) is 7.37. The Morgan fingerprint density at radius 2 is 1.91 bits per heavy atom. The van der Waals surface area contributed by atoms with Gasteiger partial charge in [0, 0.05) is 5.75 Å². The fourth-order valence-corrected chi connectivity index (χ4v) is 1.66. The molecule has 0 aliphatic carbocycles. The van der Waals surface area contributed by atoms with Gasteiger partial charge in [0.1, 0.15) is 0 Å². The van der Waals surface area contributed by atoms with Gasteiger partial charge in [0.15, 0.2) is 9.84 Å². The highest BCUT2D eigenvalue weighted by Gasteiger charge is 2.13. The molecule has 0 aromatic carbocycles. The molecule has 0 unspecified atom stereocenters. The molecule has 0 heterocycles. The topological polar surface area (TPSA) is 48.2 Å². The van der Waals surface area contributed by atoms with Gasteiger partial charge < -0.3 is 5.32 Å². The normalized spacial score (nSPS) is 12.4. The summed E-state index contributed by atoms with van der Waals surface area (Å²) in [6.45, 7) is 4.06. The third kappa shape index (κ3) is 4.37. The van der Waals surface area contributed by atoms with Crippen molar-refractivity contribution in [1.29, 1.82) is 0 Å². The molecular weight excluding hydrogens is 162 g/mol. The Balaban J connectivity index is 3.75. The number of nitrogens with zero attached hydrogens (tertiary/aromatic N) is 1. The standard InChI is InChI=1S/C7H16NO2S/c1-7(2)11(9,10)6-4-5-8-3/h7H,4-6H2,1-3H3/q-1. The Bertz CT molecular complexity index is 185. The fourth-order valence-electron chi connectivity index (χ4n) is 0.660. The lowest BCUT2D eigenvalue weighted by atomic mass is 10.5. The summed E-state index contributed by atoms with van der Waals surface area (Å²) in [4.78, 5) is 0. The Hall–Kier alpha value is -0.0900. The molecule has 68 valence electrons. The second-order valence-corrected chi connectivity index (χ2v) is 5.49. The number of rotatable bonds is 5. The zero-order valence-corrected chi connectivity index (χ0v) is 8.19. The first-order chi connectivity index (χ1) is 5.00. The van der Waals surface area contributed by atoms with Gasteiger partial charge in [-0.15, -0.1) is 6.54 Å². The molecule has 0 rings (SSSR count). The molecule has 0 aliphatic rings. The van der Waals surface area contributed by atoms with Crippen LogP contribution in [-0.2, 0) is 9.84 Å². The highest BCUT2D eigenvalue weighted by Crippen LogP contribution is 2.02. The van der Waals surface area contributed by atoms with Crippen LogP contribution in [-0.4, -0.2) is 33.0 Å². The van der Waals surface area contributed by atoms with Gasteiger partial charge in [0.05, 0.1) is 5.25 Å². The summed E-state index contributed by atoms with van der Waals surface area (Å²) in [5, 5.41) is 3.58. The van der Waals surface area contributed by atoms with Crippen LogP contribution < -0.4 is 0 Å². The van der Waals surface area contributed by atoms with Crippen LogP contribution in [0.3, 0.4) is 0 Å². The molecule has 0 saturated heterocycles. The van der Waals surface area contributed by atoms with E-state index in [1.54, 1.807) is 20.9 Å². The maximum Gasteiger partial charge on any atom is 0.152 e. The SMILES string of the molecule is C[N-]CCCS(=O)(=O)C(C)C. The minimum absolute atomic E-state index is 0.251. The average Bonchev–Trinajstić information content (AvgIpc) is 1.88. The molecule has 0 radical (unpaired) electrons. The molecule has 0 amide bonds. The summed E-state index contributed by atoms with van der Waals surface area (Å²) in [5.41, 5.74) is 0. The van der Waals surface area contributed by atoms with Crippen molar-refractivity contribution in [2.24, 2.45) is 0 Å². The van der Waals surface area contributed by atoms with Crippen LogP contribution in [0, 0.1) is 0 Å². The molecule has 0 saturated carbocycles. The van der Waals surface area contributed by atoms with Crippen LogP contribution in [0.15, 0.2) is 0 Å². The Kier molecular flexibility index (Phi) is 4.68. The molecule has 3 nitrogen and oxygen atoms in total. The summed E-state index contributed by atoms with van der Waals surface area (Å²) in [6.07, 6.45) is 0.650. The van der Waals surface area contributed by atoms with Crippen LogP contribution in [0.4, 0.5) is 0 Å². The van der Waals surface area contributed by atoms with Crippen LogP contribution in [0.25, 0.3) is 5.32 Å². The Morgan fingerprint density at radius 3 is 2.27 bits per heavy atom. The van der Waals surface area contributed by atoms with Gasteiger partial charge in [-0.3, -0.25) is 0 Å². The van der Waals surface area contributed by atoms with E-state index in [2.05, 4.69) is 5.32 Å². The van der Waals surface area contributed by atoms with Crippen LogP contribution in [0.2, 0.25) is 0 Å². The first-order valence-corrected chi connectivity index (χ1v) is 5.49. The maximum atomic E-state index is 11.2. The summed E-state index contributed by atoms with van der Waals surface area (Å²) in [5.74, 6) is 0.266. The summed E-state index contributed by atoms with van der Waals surface area (Å²) in [7, 11) is -1.13. The highest BCUT2D eigenvalue weighted by atomic mass is 32.2. The number of hydrogen-bond acceptors (Lipinski definition) is 2. The smallest absolute Gasteiger partial charge is 0.152 e. The van der Waals surface area contributed by atoms with Crippen molar-refractivity contribution >= 4 is 9.84 Å². The van der Waals surface area contributed by atoms with Crippen molar-refractivity contribution in [2.75, 3.05) is 19.3 Å².